The molecule has 2 aliphatic rings. The molecule has 4 nitrogen and oxygen atoms in total. The van der Waals surface area contributed by atoms with Gasteiger partial charge in [-0.05, 0) is 48.6 Å². The van der Waals surface area contributed by atoms with Gasteiger partial charge < -0.3 is 10.2 Å². The van der Waals surface area contributed by atoms with Crippen LogP contribution in [0.1, 0.15) is 36.4 Å². The van der Waals surface area contributed by atoms with Crippen molar-refractivity contribution in [3.8, 4) is 0 Å². The van der Waals surface area contributed by atoms with Gasteiger partial charge in [0, 0.05) is 18.7 Å². The average molecular weight is 352 g/mol. The molecule has 0 radical (unpaired) electrons. The monoisotopic (exact) mass is 352 g/mol. The maximum absolute atomic E-state index is 13.4. The molecule has 4 rings (SSSR count). The SMILES string of the molecule is O=C(N[C@H]1CCCc2ccccc21)[C@H]1CC(=O)N(c2cccc(F)c2)C1. The molecule has 1 N–H and O–H groups in total. The molecule has 2 aromatic rings. The zero-order valence-corrected chi connectivity index (χ0v) is 14.5. The van der Waals surface area contributed by atoms with E-state index >= 15 is 0 Å². The highest BCUT2D eigenvalue weighted by molar-refractivity contribution is 6.00. The van der Waals surface area contributed by atoms with Gasteiger partial charge in [0.2, 0.25) is 11.8 Å². The van der Waals surface area contributed by atoms with Gasteiger partial charge in [-0.15, -0.1) is 0 Å². The molecule has 1 aliphatic heterocycles. The second-order valence-corrected chi connectivity index (χ2v) is 7.04. The first kappa shape index (κ1) is 16.8. The third-order valence-corrected chi connectivity index (χ3v) is 5.30. The Balaban J connectivity index is 1.46. The van der Waals surface area contributed by atoms with Crippen LogP contribution in [0.3, 0.4) is 0 Å². The van der Waals surface area contributed by atoms with Crippen molar-refractivity contribution < 1.29 is 14.0 Å². The molecule has 0 bridgehead atoms. The maximum atomic E-state index is 13.4. The second-order valence-electron chi connectivity index (χ2n) is 7.04. The van der Waals surface area contributed by atoms with Gasteiger partial charge >= 0.3 is 0 Å². The minimum atomic E-state index is -0.403. The number of benzene rings is 2. The molecular formula is C21H21FN2O2. The van der Waals surface area contributed by atoms with E-state index in [2.05, 4.69) is 17.4 Å². The lowest BCUT2D eigenvalue weighted by Crippen LogP contribution is -2.36. The number of amides is 2. The molecule has 134 valence electrons. The number of carbonyl (C=O) groups excluding carboxylic acids is 2. The Morgan fingerprint density at radius 3 is 2.85 bits per heavy atom. The molecule has 0 spiro atoms. The van der Waals surface area contributed by atoms with E-state index in [4.69, 9.17) is 0 Å². The van der Waals surface area contributed by atoms with Crippen LogP contribution in [0.2, 0.25) is 0 Å². The quantitative estimate of drug-likeness (QED) is 0.921. The van der Waals surface area contributed by atoms with Crippen molar-refractivity contribution in [1.82, 2.24) is 5.32 Å². The van der Waals surface area contributed by atoms with Crippen LogP contribution in [0.25, 0.3) is 0 Å². The molecule has 1 heterocycles. The van der Waals surface area contributed by atoms with Crippen molar-refractivity contribution in [1.29, 1.82) is 0 Å². The average Bonchev–Trinajstić information content (AvgIpc) is 3.04. The van der Waals surface area contributed by atoms with Gasteiger partial charge in [0.05, 0.1) is 12.0 Å². The van der Waals surface area contributed by atoms with Crippen molar-refractivity contribution in [2.75, 3.05) is 11.4 Å². The van der Waals surface area contributed by atoms with Gasteiger partial charge in [0.15, 0.2) is 0 Å². The number of halogens is 1. The summed E-state index contributed by atoms with van der Waals surface area (Å²) >= 11 is 0. The number of carbonyl (C=O) groups is 2. The van der Waals surface area contributed by atoms with Gasteiger partial charge in [-0.2, -0.15) is 0 Å². The Morgan fingerprint density at radius 2 is 2.00 bits per heavy atom. The van der Waals surface area contributed by atoms with Crippen LogP contribution >= 0.6 is 0 Å². The number of nitrogens with one attached hydrogen (secondary N) is 1. The Labute approximate surface area is 152 Å². The summed E-state index contributed by atoms with van der Waals surface area (Å²) in [4.78, 5) is 26.6. The molecule has 1 fully saturated rings. The summed E-state index contributed by atoms with van der Waals surface area (Å²) in [6.07, 6.45) is 3.16. The lowest BCUT2D eigenvalue weighted by Gasteiger charge is -2.27. The summed E-state index contributed by atoms with van der Waals surface area (Å²) in [5.41, 5.74) is 2.97. The van der Waals surface area contributed by atoms with Gasteiger partial charge in [-0.1, -0.05) is 30.3 Å². The van der Waals surface area contributed by atoms with Gasteiger partial charge in [-0.3, -0.25) is 9.59 Å². The smallest absolute Gasteiger partial charge is 0.227 e. The van der Waals surface area contributed by atoms with E-state index in [9.17, 15) is 14.0 Å². The standard InChI is InChI=1S/C21H21FN2O2/c22-16-7-4-8-17(12-16)24-13-15(11-20(24)25)21(26)23-19-10-3-6-14-5-1-2-9-18(14)19/h1-2,4-5,7-9,12,15,19H,3,6,10-11,13H2,(H,23,26)/t15-,19-/m0/s1. The number of aryl methyl sites for hydroxylation is 1. The van der Waals surface area contributed by atoms with E-state index in [0.717, 1.165) is 19.3 Å². The second kappa shape index (κ2) is 6.90. The first-order valence-corrected chi connectivity index (χ1v) is 9.06. The summed E-state index contributed by atoms with van der Waals surface area (Å²) in [6.45, 7) is 0.294. The number of hydrogen-bond donors (Lipinski definition) is 1. The lowest BCUT2D eigenvalue weighted by atomic mass is 9.87. The van der Waals surface area contributed by atoms with E-state index in [1.54, 1.807) is 12.1 Å². The molecule has 0 unspecified atom stereocenters. The van der Waals surface area contributed by atoms with Crippen molar-refractivity contribution in [2.45, 2.75) is 31.7 Å². The van der Waals surface area contributed by atoms with Crippen molar-refractivity contribution in [2.24, 2.45) is 5.92 Å². The third kappa shape index (κ3) is 3.21. The first-order chi connectivity index (χ1) is 12.6. The zero-order valence-electron chi connectivity index (χ0n) is 14.5. The van der Waals surface area contributed by atoms with Crippen LogP contribution in [-0.2, 0) is 16.0 Å². The van der Waals surface area contributed by atoms with Crippen molar-refractivity contribution in [3.05, 3.63) is 65.5 Å². The molecule has 2 atom stereocenters. The van der Waals surface area contributed by atoms with E-state index in [1.807, 2.05) is 12.1 Å². The fraction of sp³-hybridized carbons (Fsp3) is 0.333. The van der Waals surface area contributed by atoms with Crippen molar-refractivity contribution in [3.63, 3.8) is 0 Å². The molecule has 2 amide bonds. The molecule has 5 heteroatoms. The summed E-state index contributed by atoms with van der Waals surface area (Å²) in [6, 6.07) is 14.1. The number of nitrogens with zero attached hydrogens (tertiary/aromatic N) is 1. The highest BCUT2D eigenvalue weighted by atomic mass is 19.1. The molecule has 0 saturated carbocycles. The topological polar surface area (TPSA) is 49.4 Å². The first-order valence-electron chi connectivity index (χ1n) is 9.06. The predicted octanol–water partition coefficient (Wildman–Crippen LogP) is 3.37. The Hall–Kier alpha value is -2.69. The Kier molecular flexibility index (Phi) is 4.45. The Morgan fingerprint density at radius 1 is 1.15 bits per heavy atom. The highest BCUT2D eigenvalue weighted by Gasteiger charge is 2.36. The fourth-order valence-electron chi connectivity index (χ4n) is 3.97. The van der Waals surface area contributed by atoms with Crippen LogP contribution in [0.5, 0.6) is 0 Å². The Bertz CT molecular complexity index is 851. The van der Waals surface area contributed by atoms with Crippen LogP contribution < -0.4 is 10.2 Å². The minimum Gasteiger partial charge on any atom is -0.349 e. The fourth-order valence-corrected chi connectivity index (χ4v) is 3.97. The van der Waals surface area contributed by atoms with Crippen LogP contribution in [-0.4, -0.2) is 18.4 Å². The number of hydrogen-bond acceptors (Lipinski definition) is 2. The normalized spacial score (nSPS) is 22.2. The van der Waals surface area contributed by atoms with E-state index in [-0.39, 0.29) is 30.1 Å². The lowest BCUT2D eigenvalue weighted by molar-refractivity contribution is -0.127. The summed E-state index contributed by atoms with van der Waals surface area (Å²) < 4.78 is 13.4. The largest absolute Gasteiger partial charge is 0.349 e. The molecule has 1 aliphatic carbocycles. The van der Waals surface area contributed by atoms with Crippen LogP contribution in [0.15, 0.2) is 48.5 Å². The predicted molar refractivity (Wildman–Crippen MR) is 97.1 cm³/mol. The molecule has 0 aromatic heterocycles. The highest BCUT2D eigenvalue weighted by Crippen LogP contribution is 2.31. The van der Waals surface area contributed by atoms with Crippen LogP contribution in [0, 0.1) is 11.7 Å². The van der Waals surface area contributed by atoms with E-state index < -0.39 is 5.92 Å². The third-order valence-electron chi connectivity index (χ3n) is 5.30. The molecule has 1 saturated heterocycles. The van der Waals surface area contributed by atoms with Gasteiger partial charge in [-0.25, -0.2) is 4.39 Å². The zero-order chi connectivity index (χ0) is 18.1. The van der Waals surface area contributed by atoms with Crippen molar-refractivity contribution >= 4 is 17.5 Å². The summed E-state index contributed by atoms with van der Waals surface area (Å²) in [7, 11) is 0. The molecular weight excluding hydrogens is 331 g/mol. The van der Waals surface area contributed by atoms with E-state index in [1.165, 1.54) is 28.2 Å². The van der Waals surface area contributed by atoms with Crippen LogP contribution in [0.4, 0.5) is 10.1 Å². The molecule has 26 heavy (non-hydrogen) atoms. The van der Waals surface area contributed by atoms with Gasteiger partial charge in [0.25, 0.3) is 0 Å². The number of rotatable bonds is 3. The summed E-state index contributed by atoms with van der Waals surface area (Å²) in [5, 5.41) is 3.13. The minimum absolute atomic E-state index is 0.00534. The van der Waals surface area contributed by atoms with E-state index in [0.29, 0.717) is 12.2 Å². The number of anilines is 1. The number of fused-ring (bicyclic) bond motifs is 1. The van der Waals surface area contributed by atoms with Gasteiger partial charge in [0.1, 0.15) is 5.82 Å². The molecule has 2 aromatic carbocycles. The maximum Gasteiger partial charge on any atom is 0.227 e. The summed E-state index contributed by atoms with van der Waals surface area (Å²) in [5.74, 6) is -1.03.